The van der Waals surface area contributed by atoms with Gasteiger partial charge < -0.3 is 9.47 Å². The summed E-state index contributed by atoms with van der Waals surface area (Å²) < 4.78 is 11.1. The largest absolute Gasteiger partial charge is 0.465 e. The lowest BCUT2D eigenvalue weighted by molar-refractivity contribution is -0.164. The van der Waals surface area contributed by atoms with Crippen LogP contribution in [0.3, 0.4) is 0 Å². The summed E-state index contributed by atoms with van der Waals surface area (Å²) >= 11 is 0. The number of hydrogen-bond acceptors (Lipinski definition) is 3. The molecule has 2 unspecified atom stereocenters. The van der Waals surface area contributed by atoms with Gasteiger partial charge in [0.15, 0.2) is 0 Å². The van der Waals surface area contributed by atoms with Gasteiger partial charge in [0.1, 0.15) is 0 Å². The molecule has 0 aliphatic heterocycles. The predicted molar refractivity (Wildman–Crippen MR) is 72.5 cm³/mol. The van der Waals surface area contributed by atoms with Gasteiger partial charge in [-0.2, -0.15) is 0 Å². The molecule has 2 atom stereocenters. The standard InChI is InChI=1S/C15H28O3/c1-4-7-8-11-15(14(16)18-6-3)12-9-10-13(15)17-5-2/h13H,4-12H2,1-3H3. The summed E-state index contributed by atoms with van der Waals surface area (Å²) in [6.45, 7) is 7.21. The Kier molecular flexibility index (Phi) is 6.69. The molecule has 0 N–H and O–H groups in total. The number of carbonyl (C=O) groups excluding carboxylic acids is 1. The van der Waals surface area contributed by atoms with E-state index in [1.807, 2.05) is 13.8 Å². The Labute approximate surface area is 111 Å². The zero-order chi connectivity index (χ0) is 13.4. The van der Waals surface area contributed by atoms with Crippen LogP contribution in [0.1, 0.15) is 65.7 Å². The summed E-state index contributed by atoms with van der Waals surface area (Å²) in [6.07, 6.45) is 7.45. The molecule has 1 aliphatic rings. The molecule has 18 heavy (non-hydrogen) atoms. The Morgan fingerprint density at radius 1 is 1.22 bits per heavy atom. The normalized spacial score (nSPS) is 27.4. The Hall–Kier alpha value is -0.570. The number of esters is 1. The van der Waals surface area contributed by atoms with E-state index in [4.69, 9.17) is 9.47 Å². The first-order chi connectivity index (χ1) is 8.71. The van der Waals surface area contributed by atoms with Gasteiger partial charge >= 0.3 is 5.97 Å². The summed E-state index contributed by atoms with van der Waals surface area (Å²) in [5.74, 6) is -0.0305. The highest BCUT2D eigenvalue weighted by molar-refractivity contribution is 5.78. The molecule has 1 fully saturated rings. The number of ether oxygens (including phenoxy) is 2. The van der Waals surface area contributed by atoms with Gasteiger partial charge in [-0.1, -0.05) is 26.2 Å². The summed E-state index contributed by atoms with van der Waals surface area (Å²) in [5, 5.41) is 0. The number of hydrogen-bond donors (Lipinski definition) is 0. The monoisotopic (exact) mass is 256 g/mol. The van der Waals surface area contributed by atoms with E-state index in [9.17, 15) is 4.79 Å². The van der Waals surface area contributed by atoms with E-state index in [-0.39, 0.29) is 17.5 Å². The average molecular weight is 256 g/mol. The Bertz CT molecular complexity index is 252. The van der Waals surface area contributed by atoms with Crippen molar-refractivity contribution in [1.82, 2.24) is 0 Å². The van der Waals surface area contributed by atoms with Crippen LogP contribution in [0.5, 0.6) is 0 Å². The molecule has 106 valence electrons. The van der Waals surface area contributed by atoms with Crippen molar-refractivity contribution in [3.8, 4) is 0 Å². The number of unbranched alkanes of at least 4 members (excludes halogenated alkanes) is 2. The molecule has 3 nitrogen and oxygen atoms in total. The van der Waals surface area contributed by atoms with Crippen LogP contribution in [-0.4, -0.2) is 25.3 Å². The lowest BCUT2D eigenvalue weighted by Crippen LogP contribution is -2.41. The van der Waals surface area contributed by atoms with Crippen LogP contribution in [0.4, 0.5) is 0 Å². The molecule has 1 rings (SSSR count). The molecule has 0 aromatic rings. The van der Waals surface area contributed by atoms with Crippen LogP contribution < -0.4 is 0 Å². The summed E-state index contributed by atoms with van der Waals surface area (Å²) in [6, 6.07) is 0. The van der Waals surface area contributed by atoms with Crippen LogP contribution in [-0.2, 0) is 14.3 Å². The lowest BCUT2D eigenvalue weighted by atomic mass is 9.79. The Morgan fingerprint density at radius 3 is 2.61 bits per heavy atom. The zero-order valence-corrected chi connectivity index (χ0v) is 12.2. The Morgan fingerprint density at radius 2 is 2.00 bits per heavy atom. The van der Waals surface area contributed by atoms with E-state index in [1.165, 1.54) is 12.8 Å². The molecule has 0 aromatic carbocycles. The lowest BCUT2D eigenvalue weighted by Gasteiger charge is -2.33. The molecule has 0 aromatic heterocycles. The smallest absolute Gasteiger partial charge is 0.314 e. The highest BCUT2D eigenvalue weighted by atomic mass is 16.5. The highest BCUT2D eigenvalue weighted by Gasteiger charge is 2.50. The molecule has 0 bridgehead atoms. The second-order valence-electron chi connectivity index (χ2n) is 5.17. The van der Waals surface area contributed by atoms with Crippen LogP contribution in [0.2, 0.25) is 0 Å². The molecule has 3 heteroatoms. The SMILES string of the molecule is CCCCCC1(C(=O)OCC)CCCC1OCC. The van der Waals surface area contributed by atoms with E-state index in [2.05, 4.69) is 6.92 Å². The third-order valence-electron chi connectivity index (χ3n) is 3.98. The third-order valence-corrected chi connectivity index (χ3v) is 3.98. The second-order valence-corrected chi connectivity index (χ2v) is 5.17. The van der Waals surface area contributed by atoms with Gasteiger partial charge in [0, 0.05) is 6.61 Å². The highest BCUT2D eigenvalue weighted by Crippen LogP contribution is 2.45. The van der Waals surface area contributed by atoms with E-state index in [0.29, 0.717) is 13.2 Å². The van der Waals surface area contributed by atoms with Crippen molar-refractivity contribution in [2.24, 2.45) is 5.41 Å². The fourth-order valence-electron chi connectivity index (χ4n) is 3.07. The topological polar surface area (TPSA) is 35.5 Å². The summed E-state index contributed by atoms with van der Waals surface area (Å²) in [7, 11) is 0. The van der Waals surface area contributed by atoms with Crippen molar-refractivity contribution in [3.63, 3.8) is 0 Å². The van der Waals surface area contributed by atoms with Gasteiger partial charge in [-0.15, -0.1) is 0 Å². The van der Waals surface area contributed by atoms with E-state index in [0.717, 1.165) is 32.1 Å². The van der Waals surface area contributed by atoms with Gasteiger partial charge in [0.05, 0.1) is 18.1 Å². The maximum atomic E-state index is 12.3. The summed E-state index contributed by atoms with van der Waals surface area (Å²) in [4.78, 5) is 12.3. The quantitative estimate of drug-likeness (QED) is 0.490. The van der Waals surface area contributed by atoms with Crippen molar-refractivity contribution in [1.29, 1.82) is 0 Å². The molecule has 0 spiro atoms. The first-order valence-electron chi connectivity index (χ1n) is 7.50. The van der Waals surface area contributed by atoms with Crippen molar-refractivity contribution < 1.29 is 14.3 Å². The first kappa shape index (κ1) is 15.5. The van der Waals surface area contributed by atoms with Gasteiger partial charge in [0.25, 0.3) is 0 Å². The van der Waals surface area contributed by atoms with Gasteiger partial charge in [-0.25, -0.2) is 0 Å². The molecular weight excluding hydrogens is 228 g/mol. The minimum absolute atomic E-state index is 0.0305. The number of rotatable bonds is 8. The molecule has 0 amide bonds. The zero-order valence-electron chi connectivity index (χ0n) is 12.2. The molecule has 0 saturated heterocycles. The second kappa shape index (κ2) is 7.78. The van der Waals surface area contributed by atoms with Crippen molar-refractivity contribution in [2.75, 3.05) is 13.2 Å². The molecular formula is C15H28O3. The van der Waals surface area contributed by atoms with Crippen molar-refractivity contribution >= 4 is 5.97 Å². The Balaban J connectivity index is 2.74. The predicted octanol–water partition coefficient (Wildman–Crippen LogP) is 3.71. The van der Waals surface area contributed by atoms with E-state index < -0.39 is 0 Å². The first-order valence-corrected chi connectivity index (χ1v) is 7.50. The van der Waals surface area contributed by atoms with Gasteiger partial charge in [0.2, 0.25) is 0 Å². The molecule has 1 saturated carbocycles. The van der Waals surface area contributed by atoms with Gasteiger partial charge in [-0.05, 0) is 39.5 Å². The van der Waals surface area contributed by atoms with Crippen LogP contribution in [0.15, 0.2) is 0 Å². The molecule has 0 heterocycles. The number of carbonyl (C=O) groups is 1. The minimum atomic E-state index is -0.360. The maximum Gasteiger partial charge on any atom is 0.314 e. The average Bonchev–Trinajstić information content (AvgIpc) is 2.75. The molecule has 0 radical (unpaired) electrons. The van der Waals surface area contributed by atoms with E-state index in [1.54, 1.807) is 0 Å². The van der Waals surface area contributed by atoms with Crippen molar-refractivity contribution in [3.05, 3.63) is 0 Å². The van der Waals surface area contributed by atoms with Crippen molar-refractivity contribution in [2.45, 2.75) is 71.8 Å². The minimum Gasteiger partial charge on any atom is -0.465 e. The van der Waals surface area contributed by atoms with Crippen LogP contribution >= 0.6 is 0 Å². The maximum absolute atomic E-state index is 12.3. The van der Waals surface area contributed by atoms with Gasteiger partial charge in [-0.3, -0.25) is 4.79 Å². The molecule has 1 aliphatic carbocycles. The van der Waals surface area contributed by atoms with E-state index >= 15 is 0 Å². The fourth-order valence-corrected chi connectivity index (χ4v) is 3.07. The third kappa shape index (κ3) is 3.47. The fraction of sp³-hybridized carbons (Fsp3) is 0.933. The summed E-state index contributed by atoms with van der Waals surface area (Å²) in [5.41, 5.74) is -0.360. The van der Waals surface area contributed by atoms with Crippen LogP contribution in [0, 0.1) is 5.41 Å². The van der Waals surface area contributed by atoms with Crippen LogP contribution in [0.25, 0.3) is 0 Å².